The van der Waals surface area contributed by atoms with Crippen molar-refractivity contribution in [3.8, 4) is 0 Å². The van der Waals surface area contributed by atoms with Gasteiger partial charge in [-0.15, -0.1) is 0 Å². The fourth-order valence-electron chi connectivity index (χ4n) is 4.17. The van der Waals surface area contributed by atoms with Crippen molar-refractivity contribution < 1.29 is 19.1 Å². The van der Waals surface area contributed by atoms with E-state index in [2.05, 4.69) is 20.4 Å². The second kappa shape index (κ2) is 13.0. The van der Waals surface area contributed by atoms with Gasteiger partial charge in [0.25, 0.3) is 0 Å². The molecule has 3 heterocycles. The summed E-state index contributed by atoms with van der Waals surface area (Å²) in [5, 5.41) is 7.50. The number of hydrogen-bond acceptors (Lipinski definition) is 7. The van der Waals surface area contributed by atoms with E-state index in [0.29, 0.717) is 22.9 Å². The van der Waals surface area contributed by atoms with E-state index in [1.54, 1.807) is 23.7 Å². The van der Waals surface area contributed by atoms with Crippen molar-refractivity contribution in [2.75, 3.05) is 11.9 Å². The summed E-state index contributed by atoms with van der Waals surface area (Å²) in [5.74, 6) is -1.94. The van der Waals surface area contributed by atoms with Crippen LogP contribution >= 0.6 is 23.2 Å². The molecule has 0 saturated carbocycles. The predicted octanol–water partition coefficient (Wildman–Crippen LogP) is 6.02. The van der Waals surface area contributed by atoms with Crippen LogP contribution in [-0.4, -0.2) is 43.8 Å². The summed E-state index contributed by atoms with van der Waals surface area (Å²) in [6.07, 6.45) is 3.10. The van der Waals surface area contributed by atoms with Gasteiger partial charge in [-0.2, -0.15) is 5.10 Å². The first-order valence-electron chi connectivity index (χ1n) is 12.3. The topological polar surface area (TPSA) is 116 Å². The van der Waals surface area contributed by atoms with E-state index in [9.17, 15) is 14.4 Å². The Hall–Kier alpha value is -3.04. The Morgan fingerprint density at radius 1 is 1.11 bits per heavy atom. The van der Waals surface area contributed by atoms with E-state index in [4.69, 9.17) is 27.9 Å². The van der Waals surface area contributed by atoms with Crippen LogP contribution in [0, 0.1) is 0 Å². The molecular weight excluding hydrogens is 517 g/mol. The number of nitrogens with one attached hydrogen (secondary N) is 1. The van der Waals surface area contributed by atoms with Gasteiger partial charge in [-0.1, -0.05) is 64.7 Å². The molecule has 3 aromatic heterocycles. The summed E-state index contributed by atoms with van der Waals surface area (Å²) in [6.45, 7) is 13.9. The standard InChI is InChI=1S/C22H21Cl2N5O4.2C2H6/c1-4-33-18(31)6-15(30)19-14(23)5-11(9-26-19)27-21(32)12-8-22(2,3)20-13(12)10-25-17-7-16(24)28-29(17)20;2*1-2/h5,7,9-10,12H,4,6,8H2,1-3H3,(H,27,32);2*1-2H3. The molecule has 4 rings (SSSR count). The van der Waals surface area contributed by atoms with Crippen molar-refractivity contribution in [2.45, 2.75) is 72.6 Å². The third-order valence-electron chi connectivity index (χ3n) is 5.51. The zero-order valence-electron chi connectivity index (χ0n) is 22.2. The van der Waals surface area contributed by atoms with Crippen LogP contribution in [0.4, 0.5) is 5.69 Å². The Morgan fingerprint density at radius 3 is 2.41 bits per heavy atom. The van der Waals surface area contributed by atoms with Crippen LogP contribution in [0.15, 0.2) is 24.5 Å². The molecule has 0 saturated heterocycles. The molecule has 1 aliphatic rings. The van der Waals surface area contributed by atoms with Crippen LogP contribution in [0.25, 0.3) is 5.65 Å². The number of nitrogens with zero attached hydrogens (tertiary/aromatic N) is 4. The summed E-state index contributed by atoms with van der Waals surface area (Å²) in [7, 11) is 0. The molecule has 11 heteroatoms. The number of aromatic nitrogens is 4. The van der Waals surface area contributed by atoms with E-state index in [-0.39, 0.29) is 28.6 Å². The second-order valence-electron chi connectivity index (χ2n) is 8.39. The van der Waals surface area contributed by atoms with Crippen molar-refractivity contribution in [1.82, 2.24) is 19.6 Å². The molecule has 0 aromatic carbocycles. The van der Waals surface area contributed by atoms with Crippen LogP contribution in [-0.2, 0) is 19.7 Å². The van der Waals surface area contributed by atoms with Crippen LogP contribution in [0.2, 0.25) is 10.2 Å². The Balaban J connectivity index is 0.00000115. The maximum absolute atomic E-state index is 13.2. The number of fused-ring (bicyclic) bond motifs is 3. The van der Waals surface area contributed by atoms with Crippen molar-refractivity contribution in [2.24, 2.45) is 0 Å². The smallest absolute Gasteiger partial charge is 0.313 e. The quantitative estimate of drug-likeness (QED) is 0.227. The minimum absolute atomic E-state index is 0.0313. The number of amides is 1. The average Bonchev–Trinajstić information content (AvgIpc) is 3.37. The summed E-state index contributed by atoms with van der Waals surface area (Å²) in [5.41, 5.74) is 2.21. The molecule has 1 unspecified atom stereocenters. The van der Waals surface area contributed by atoms with Gasteiger partial charge in [0.1, 0.15) is 12.1 Å². The first-order valence-corrected chi connectivity index (χ1v) is 13.1. The lowest BCUT2D eigenvalue weighted by molar-refractivity contribution is -0.142. The molecule has 3 aromatic rings. The fourth-order valence-corrected chi connectivity index (χ4v) is 4.61. The minimum atomic E-state index is -0.651. The lowest BCUT2D eigenvalue weighted by Crippen LogP contribution is -2.22. The number of ketones is 1. The highest BCUT2D eigenvalue weighted by atomic mass is 35.5. The molecule has 1 N–H and O–H groups in total. The monoisotopic (exact) mass is 549 g/mol. The second-order valence-corrected chi connectivity index (χ2v) is 9.18. The molecule has 0 bridgehead atoms. The number of carbonyl (C=O) groups is 3. The van der Waals surface area contributed by atoms with Gasteiger partial charge < -0.3 is 10.1 Å². The zero-order valence-corrected chi connectivity index (χ0v) is 23.7. The summed E-state index contributed by atoms with van der Waals surface area (Å²) in [6, 6.07) is 3.10. The van der Waals surface area contributed by atoms with Crippen LogP contribution in [0.1, 0.15) is 89.0 Å². The molecule has 0 fully saturated rings. The lowest BCUT2D eigenvalue weighted by Gasteiger charge is -2.19. The van der Waals surface area contributed by atoms with Gasteiger partial charge in [0.2, 0.25) is 5.91 Å². The van der Waals surface area contributed by atoms with Gasteiger partial charge in [-0.3, -0.25) is 14.4 Å². The molecule has 0 radical (unpaired) electrons. The number of rotatable bonds is 6. The Bertz CT molecular complexity index is 1290. The summed E-state index contributed by atoms with van der Waals surface area (Å²) >= 11 is 12.3. The number of pyridine rings is 1. The van der Waals surface area contributed by atoms with E-state index in [1.165, 1.54) is 12.3 Å². The first kappa shape index (κ1) is 30.2. The number of esters is 1. The molecule has 9 nitrogen and oxygen atoms in total. The third-order valence-corrected chi connectivity index (χ3v) is 5.99. The molecule has 1 atom stereocenters. The average molecular weight is 550 g/mol. The summed E-state index contributed by atoms with van der Waals surface area (Å²) in [4.78, 5) is 45.4. The predicted molar refractivity (Wildman–Crippen MR) is 145 cm³/mol. The maximum Gasteiger partial charge on any atom is 0.313 e. The third kappa shape index (κ3) is 6.64. The first-order chi connectivity index (χ1) is 17.6. The van der Waals surface area contributed by atoms with Crippen molar-refractivity contribution in [3.05, 3.63) is 51.7 Å². The van der Waals surface area contributed by atoms with E-state index in [1.807, 2.05) is 41.5 Å². The molecule has 1 aliphatic carbocycles. The van der Waals surface area contributed by atoms with Gasteiger partial charge in [0.15, 0.2) is 16.6 Å². The van der Waals surface area contributed by atoms with Crippen LogP contribution in [0.5, 0.6) is 0 Å². The SMILES string of the molecule is CC.CC.CCOC(=O)CC(=O)c1ncc(NC(=O)C2CC(C)(C)c3c2cnc2cc(Cl)nn32)cc1Cl. The number of halogens is 2. The van der Waals surface area contributed by atoms with Crippen LogP contribution < -0.4 is 5.32 Å². The van der Waals surface area contributed by atoms with E-state index in [0.717, 1.165) is 11.3 Å². The number of Topliss-reactive ketones (excluding diaryl/α,β-unsaturated/α-hetero) is 1. The molecule has 37 heavy (non-hydrogen) atoms. The molecule has 1 amide bonds. The van der Waals surface area contributed by atoms with Gasteiger partial charge in [-0.05, 0) is 19.4 Å². The Kier molecular flexibility index (Phi) is 10.6. The number of ether oxygens (including phenoxy) is 1. The van der Waals surface area contributed by atoms with Gasteiger partial charge in [0.05, 0.1) is 35.1 Å². The summed E-state index contributed by atoms with van der Waals surface area (Å²) < 4.78 is 6.46. The van der Waals surface area contributed by atoms with Crippen molar-refractivity contribution in [1.29, 1.82) is 0 Å². The maximum atomic E-state index is 13.2. The van der Waals surface area contributed by atoms with Gasteiger partial charge in [0, 0.05) is 23.2 Å². The lowest BCUT2D eigenvalue weighted by atomic mass is 9.88. The molecule has 0 spiro atoms. The van der Waals surface area contributed by atoms with E-state index >= 15 is 0 Å². The molecule has 0 aliphatic heterocycles. The fraction of sp³-hybridized carbons (Fsp3) is 0.462. The minimum Gasteiger partial charge on any atom is -0.466 e. The number of hydrogen-bond donors (Lipinski definition) is 1. The largest absolute Gasteiger partial charge is 0.466 e. The number of carbonyl (C=O) groups excluding carboxylic acids is 3. The highest BCUT2D eigenvalue weighted by Gasteiger charge is 2.43. The highest BCUT2D eigenvalue weighted by Crippen LogP contribution is 2.46. The Morgan fingerprint density at radius 2 is 1.78 bits per heavy atom. The highest BCUT2D eigenvalue weighted by molar-refractivity contribution is 6.34. The van der Waals surface area contributed by atoms with Gasteiger partial charge in [-0.25, -0.2) is 14.5 Å². The van der Waals surface area contributed by atoms with Crippen molar-refractivity contribution in [3.63, 3.8) is 0 Å². The van der Waals surface area contributed by atoms with Crippen LogP contribution in [0.3, 0.4) is 0 Å². The molecular formula is C26H33Cl2N5O4. The number of anilines is 1. The Labute approximate surface area is 226 Å². The zero-order chi connectivity index (χ0) is 27.9. The normalized spacial score (nSPS) is 15.0. The molecule has 200 valence electrons. The van der Waals surface area contributed by atoms with Gasteiger partial charge >= 0.3 is 5.97 Å². The van der Waals surface area contributed by atoms with Crippen molar-refractivity contribution >= 4 is 52.2 Å². The van der Waals surface area contributed by atoms with E-state index < -0.39 is 24.1 Å².